The van der Waals surface area contributed by atoms with E-state index in [4.69, 9.17) is 22.1 Å². The molecule has 0 aliphatic heterocycles. The van der Waals surface area contributed by atoms with Crippen molar-refractivity contribution in [2.45, 2.75) is 18.6 Å². The molecule has 1 aromatic carbocycles. The molecule has 8 heteroatoms. The molecular weight excluding hydrogens is 340 g/mol. The SMILES string of the molecule is C[C@H](c1cccc(Cl)c1)S(=O)(=O)CCCOCN/C=C\C(N)=O. The Balaban J connectivity index is 2.34. The van der Waals surface area contributed by atoms with Crippen molar-refractivity contribution in [2.75, 3.05) is 19.1 Å². The van der Waals surface area contributed by atoms with Crippen LogP contribution in [-0.4, -0.2) is 33.4 Å². The molecule has 0 bridgehead atoms. The Hall–Kier alpha value is -1.57. The number of halogens is 1. The van der Waals surface area contributed by atoms with E-state index in [1.54, 1.807) is 31.2 Å². The summed E-state index contributed by atoms with van der Waals surface area (Å²) >= 11 is 5.89. The van der Waals surface area contributed by atoms with Gasteiger partial charge in [0.2, 0.25) is 5.91 Å². The van der Waals surface area contributed by atoms with Crippen LogP contribution in [0.1, 0.15) is 24.2 Å². The van der Waals surface area contributed by atoms with Gasteiger partial charge in [0, 0.05) is 23.9 Å². The molecule has 128 valence electrons. The third-order valence-electron chi connectivity index (χ3n) is 3.13. The summed E-state index contributed by atoms with van der Waals surface area (Å²) in [6, 6.07) is 6.85. The maximum atomic E-state index is 12.3. The summed E-state index contributed by atoms with van der Waals surface area (Å²) < 4.78 is 29.8. The number of hydrogen-bond donors (Lipinski definition) is 2. The number of hydrogen-bond acceptors (Lipinski definition) is 5. The number of ether oxygens (including phenoxy) is 1. The first-order valence-corrected chi connectivity index (χ1v) is 9.16. The van der Waals surface area contributed by atoms with Gasteiger partial charge in [0.25, 0.3) is 0 Å². The molecule has 0 aliphatic carbocycles. The van der Waals surface area contributed by atoms with Crippen molar-refractivity contribution in [3.05, 3.63) is 47.1 Å². The first kappa shape index (κ1) is 19.5. The van der Waals surface area contributed by atoms with Crippen LogP contribution in [0.5, 0.6) is 0 Å². The molecule has 0 saturated carbocycles. The Morgan fingerprint density at radius 1 is 1.48 bits per heavy atom. The highest BCUT2D eigenvalue weighted by molar-refractivity contribution is 7.91. The van der Waals surface area contributed by atoms with Crippen molar-refractivity contribution < 1.29 is 17.9 Å². The highest BCUT2D eigenvalue weighted by Crippen LogP contribution is 2.25. The third kappa shape index (κ3) is 7.49. The first-order chi connectivity index (χ1) is 10.8. The van der Waals surface area contributed by atoms with E-state index < -0.39 is 21.0 Å². The normalized spacial score (nSPS) is 13.1. The Kier molecular flexibility index (Phi) is 8.08. The maximum absolute atomic E-state index is 12.3. The van der Waals surface area contributed by atoms with Gasteiger partial charge in [0.05, 0.1) is 11.0 Å². The largest absolute Gasteiger partial charge is 0.369 e. The van der Waals surface area contributed by atoms with Crippen molar-refractivity contribution in [3.63, 3.8) is 0 Å². The fourth-order valence-electron chi connectivity index (χ4n) is 1.83. The number of primary amides is 1. The van der Waals surface area contributed by atoms with Crippen LogP contribution in [0, 0.1) is 0 Å². The van der Waals surface area contributed by atoms with E-state index in [1.165, 1.54) is 12.3 Å². The zero-order valence-corrected chi connectivity index (χ0v) is 14.4. The van der Waals surface area contributed by atoms with Gasteiger partial charge < -0.3 is 15.8 Å². The molecule has 0 aliphatic rings. The fraction of sp³-hybridized carbons (Fsp3) is 0.400. The number of benzene rings is 1. The fourth-order valence-corrected chi connectivity index (χ4v) is 3.46. The number of rotatable bonds is 10. The van der Waals surface area contributed by atoms with Gasteiger partial charge in [0.1, 0.15) is 6.73 Å². The van der Waals surface area contributed by atoms with Gasteiger partial charge in [-0.2, -0.15) is 0 Å². The van der Waals surface area contributed by atoms with E-state index in [1.807, 2.05) is 0 Å². The van der Waals surface area contributed by atoms with Crippen LogP contribution in [0.4, 0.5) is 0 Å². The van der Waals surface area contributed by atoms with Gasteiger partial charge in [-0.3, -0.25) is 4.79 Å². The van der Waals surface area contributed by atoms with E-state index in [0.717, 1.165) is 0 Å². The van der Waals surface area contributed by atoms with Gasteiger partial charge in [-0.05, 0) is 31.0 Å². The molecule has 0 unspecified atom stereocenters. The molecule has 0 aromatic heterocycles. The molecule has 1 aromatic rings. The highest BCUT2D eigenvalue weighted by atomic mass is 35.5. The molecule has 0 radical (unpaired) electrons. The Morgan fingerprint density at radius 2 is 2.22 bits per heavy atom. The first-order valence-electron chi connectivity index (χ1n) is 7.07. The second-order valence-electron chi connectivity index (χ2n) is 4.91. The molecule has 1 rings (SSSR count). The molecule has 3 N–H and O–H groups in total. The monoisotopic (exact) mass is 360 g/mol. The van der Waals surface area contributed by atoms with Gasteiger partial charge in [0.15, 0.2) is 9.84 Å². The smallest absolute Gasteiger partial charge is 0.242 e. The quantitative estimate of drug-likeness (QED) is 0.376. The highest BCUT2D eigenvalue weighted by Gasteiger charge is 2.22. The molecule has 6 nitrogen and oxygen atoms in total. The number of nitrogens with one attached hydrogen (secondary N) is 1. The van der Waals surface area contributed by atoms with Crippen molar-refractivity contribution in [1.82, 2.24) is 5.32 Å². The minimum Gasteiger partial charge on any atom is -0.369 e. The molecule has 23 heavy (non-hydrogen) atoms. The average Bonchev–Trinajstić information content (AvgIpc) is 2.48. The molecule has 0 saturated heterocycles. The molecule has 1 atom stereocenters. The summed E-state index contributed by atoms with van der Waals surface area (Å²) in [6.07, 6.45) is 2.93. The van der Waals surface area contributed by atoms with Gasteiger partial charge in [-0.15, -0.1) is 0 Å². The van der Waals surface area contributed by atoms with Crippen LogP contribution in [0.2, 0.25) is 5.02 Å². The number of amides is 1. The molecule has 0 heterocycles. The van der Waals surface area contributed by atoms with Crippen LogP contribution >= 0.6 is 11.6 Å². The zero-order valence-electron chi connectivity index (χ0n) is 12.9. The number of sulfone groups is 1. The summed E-state index contributed by atoms with van der Waals surface area (Å²) in [5, 5.41) is 2.61. The van der Waals surface area contributed by atoms with Gasteiger partial charge in [-0.25, -0.2) is 8.42 Å². The van der Waals surface area contributed by atoms with E-state index >= 15 is 0 Å². The van der Waals surface area contributed by atoms with Crippen LogP contribution < -0.4 is 11.1 Å². The van der Waals surface area contributed by atoms with Gasteiger partial charge in [-0.1, -0.05) is 23.7 Å². The standard InChI is InChI=1S/C15H21ClN2O4S/c1-12(13-4-2-5-14(16)10-13)23(20,21)9-3-8-22-11-18-7-6-15(17)19/h2,4-7,10,12,18H,3,8-9,11H2,1H3,(H2,17,19)/b7-6-/t12-/m1/s1. The number of nitrogens with two attached hydrogens (primary N) is 1. The van der Waals surface area contributed by atoms with Crippen LogP contribution in [-0.2, 0) is 19.4 Å². The summed E-state index contributed by atoms with van der Waals surface area (Å²) in [5.41, 5.74) is 5.58. The van der Waals surface area contributed by atoms with E-state index in [9.17, 15) is 13.2 Å². The summed E-state index contributed by atoms with van der Waals surface area (Å²) in [6.45, 7) is 2.12. The predicted octanol–water partition coefficient (Wildman–Crippen LogP) is 1.77. The zero-order chi connectivity index (χ0) is 17.3. The lowest BCUT2D eigenvalue weighted by molar-refractivity contribution is -0.113. The molecule has 0 spiro atoms. The Bertz CT molecular complexity index is 647. The van der Waals surface area contributed by atoms with Gasteiger partial charge >= 0.3 is 0 Å². The second kappa shape index (κ2) is 9.54. The topological polar surface area (TPSA) is 98.5 Å². The molecule has 0 fully saturated rings. The minimum absolute atomic E-state index is 0.0256. The van der Waals surface area contributed by atoms with Crippen LogP contribution in [0.3, 0.4) is 0 Å². The molecule has 1 amide bonds. The Morgan fingerprint density at radius 3 is 2.87 bits per heavy atom. The van der Waals surface area contributed by atoms with E-state index in [2.05, 4.69) is 5.32 Å². The lowest BCUT2D eigenvalue weighted by atomic mass is 10.2. The second-order valence-corrected chi connectivity index (χ2v) is 7.79. The third-order valence-corrected chi connectivity index (χ3v) is 5.57. The summed E-state index contributed by atoms with van der Waals surface area (Å²) in [5.74, 6) is -0.531. The van der Waals surface area contributed by atoms with E-state index in [0.29, 0.717) is 23.6 Å². The molecular formula is C15H21ClN2O4S. The van der Waals surface area contributed by atoms with Crippen molar-refractivity contribution in [2.24, 2.45) is 5.73 Å². The average molecular weight is 361 g/mol. The summed E-state index contributed by atoms with van der Waals surface area (Å²) in [7, 11) is -3.27. The van der Waals surface area contributed by atoms with Crippen LogP contribution in [0.25, 0.3) is 0 Å². The van der Waals surface area contributed by atoms with Crippen molar-refractivity contribution in [1.29, 1.82) is 0 Å². The Labute approximate surface area is 141 Å². The number of carbonyl (C=O) groups is 1. The van der Waals surface area contributed by atoms with Crippen molar-refractivity contribution >= 4 is 27.3 Å². The summed E-state index contributed by atoms with van der Waals surface area (Å²) in [4.78, 5) is 10.4. The van der Waals surface area contributed by atoms with Crippen LogP contribution in [0.15, 0.2) is 36.5 Å². The minimum atomic E-state index is -3.27. The van der Waals surface area contributed by atoms with E-state index in [-0.39, 0.29) is 12.5 Å². The number of carbonyl (C=O) groups excluding carboxylic acids is 1. The predicted molar refractivity (Wildman–Crippen MR) is 90.6 cm³/mol. The maximum Gasteiger partial charge on any atom is 0.242 e. The lowest BCUT2D eigenvalue weighted by Gasteiger charge is -2.13. The van der Waals surface area contributed by atoms with Crippen molar-refractivity contribution in [3.8, 4) is 0 Å². The lowest BCUT2D eigenvalue weighted by Crippen LogP contribution is -2.18.